The Morgan fingerprint density at radius 3 is 2.47 bits per heavy atom. The molecule has 0 saturated heterocycles. The van der Waals surface area contributed by atoms with Crippen molar-refractivity contribution in [1.29, 1.82) is 0 Å². The number of fused-ring (bicyclic) bond motifs is 1. The molecule has 32 heavy (non-hydrogen) atoms. The molecule has 2 amide bonds. The Balaban J connectivity index is 1.55. The van der Waals surface area contributed by atoms with Crippen molar-refractivity contribution in [3.63, 3.8) is 0 Å². The highest BCUT2D eigenvalue weighted by Crippen LogP contribution is 2.21. The molecule has 1 aromatic heterocycles. The van der Waals surface area contributed by atoms with Crippen LogP contribution in [0.2, 0.25) is 0 Å². The summed E-state index contributed by atoms with van der Waals surface area (Å²) in [5, 5.41) is 7.38. The van der Waals surface area contributed by atoms with Crippen LogP contribution in [0.4, 0.5) is 5.82 Å². The molecular formula is C26H24N4O2. The predicted molar refractivity (Wildman–Crippen MR) is 126 cm³/mol. The van der Waals surface area contributed by atoms with E-state index in [0.29, 0.717) is 28.9 Å². The first-order chi connectivity index (χ1) is 15.5. The number of rotatable bonds is 6. The maximum atomic E-state index is 13.1. The first kappa shape index (κ1) is 21.1. The molecule has 160 valence electrons. The molecule has 0 unspecified atom stereocenters. The summed E-state index contributed by atoms with van der Waals surface area (Å²) < 4.78 is 0. The third-order valence-corrected chi connectivity index (χ3v) is 5.32. The number of carbonyl (C=O) groups excluding carboxylic acids is 2. The predicted octanol–water partition coefficient (Wildman–Crippen LogP) is 3.91. The van der Waals surface area contributed by atoms with Crippen molar-refractivity contribution in [2.24, 2.45) is 0 Å². The van der Waals surface area contributed by atoms with Crippen LogP contribution < -0.4 is 16.4 Å². The second kappa shape index (κ2) is 9.31. The summed E-state index contributed by atoms with van der Waals surface area (Å²) in [6.07, 6.45) is 1.63. The summed E-state index contributed by atoms with van der Waals surface area (Å²) in [6.45, 7) is 2.39. The fourth-order valence-corrected chi connectivity index (χ4v) is 3.49. The molecule has 0 bridgehead atoms. The highest BCUT2D eigenvalue weighted by molar-refractivity contribution is 6.02. The quantitative estimate of drug-likeness (QED) is 0.437. The lowest BCUT2D eigenvalue weighted by molar-refractivity contribution is -0.123. The zero-order valence-corrected chi connectivity index (χ0v) is 17.7. The van der Waals surface area contributed by atoms with Gasteiger partial charge in [0.1, 0.15) is 11.9 Å². The fourth-order valence-electron chi connectivity index (χ4n) is 3.49. The molecule has 1 atom stereocenters. The lowest BCUT2D eigenvalue weighted by atomic mass is 10.0. The van der Waals surface area contributed by atoms with Crippen LogP contribution >= 0.6 is 0 Å². The summed E-state index contributed by atoms with van der Waals surface area (Å²) in [7, 11) is 0. The standard InChI is InChI=1S/C26H24N4O2/c1-17-7-9-18(10-8-17)16-29-26(32)23(20-5-3-2-4-6-20)30-25(31)21-12-11-19-13-14-28-24(27)22(19)15-21/h2-15,23H,16H2,1H3,(H2,27,28)(H,29,32)(H,30,31)/t23-/m1/s1. The normalized spacial score (nSPS) is 11.7. The van der Waals surface area contributed by atoms with E-state index in [1.54, 1.807) is 18.3 Å². The first-order valence-corrected chi connectivity index (χ1v) is 10.3. The Kier molecular flexibility index (Phi) is 6.12. The molecule has 0 radical (unpaired) electrons. The van der Waals surface area contributed by atoms with Crippen LogP contribution in [0.5, 0.6) is 0 Å². The maximum absolute atomic E-state index is 13.1. The van der Waals surface area contributed by atoms with Crippen LogP contribution in [0.15, 0.2) is 85.1 Å². The van der Waals surface area contributed by atoms with E-state index < -0.39 is 6.04 Å². The number of hydrogen-bond acceptors (Lipinski definition) is 4. The zero-order chi connectivity index (χ0) is 22.5. The van der Waals surface area contributed by atoms with Crippen LogP contribution in [-0.4, -0.2) is 16.8 Å². The summed E-state index contributed by atoms with van der Waals surface area (Å²) in [4.78, 5) is 30.2. The van der Waals surface area contributed by atoms with Crippen LogP contribution in [0.3, 0.4) is 0 Å². The number of aryl methyl sites for hydroxylation is 1. The molecule has 0 aliphatic rings. The SMILES string of the molecule is Cc1ccc(CNC(=O)[C@H](NC(=O)c2ccc3ccnc(N)c3c2)c2ccccc2)cc1. The Labute approximate surface area is 186 Å². The van der Waals surface area contributed by atoms with E-state index in [1.165, 1.54) is 0 Å². The molecule has 6 nitrogen and oxygen atoms in total. The Bertz CT molecular complexity index is 1250. The molecule has 0 fully saturated rings. The van der Waals surface area contributed by atoms with Gasteiger partial charge in [-0.25, -0.2) is 4.98 Å². The van der Waals surface area contributed by atoms with Crippen molar-refractivity contribution in [3.05, 3.63) is 107 Å². The monoisotopic (exact) mass is 424 g/mol. The van der Waals surface area contributed by atoms with Crippen molar-refractivity contribution < 1.29 is 9.59 Å². The zero-order valence-electron chi connectivity index (χ0n) is 17.7. The van der Waals surface area contributed by atoms with Crippen molar-refractivity contribution in [2.75, 3.05) is 5.73 Å². The van der Waals surface area contributed by atoms with Crippen molar-refractivity contribution in [2.45, 2.75) is 19.5 Å². The number of benzene rings is 3. The van der Waals surface area contributed by atoms with Gasteiger partial charge in [0, 0.05) is 23.7 Å². The molecule has 0 aliphatic heterocycles. The average Bonchev–Trinajstić information content (AvgIpc) is 2.82. The van der Waals surface area contributed by atoms with Crippen LogP contribution in [-0.2, 0) is 11.3 Å². The van der Waals surface area contributed by atoms with Gasteiger partial charge in [-0.15, -0.1) is 0 Å². The van der Waals surface area contributed by atoms with Crippen molar-refractivity contribution in [3.8, 4) is 0 Å². The number of nitrogens with two attached hydrogens (primary N) is 1. The number of anilines is 1. The summed E-state index contributed by atoms with van der Waals surface area (Å²) in [6, 6.07) is 23.3. The topological polar surface area (TPSA) is 97.1 Å². The number of pyridine rings is 1. The average molecular weight is 425 g/mol. The first-order valence-electron chi connectivity index (χ1n) is 10.3. The van der Waals surface area contributed by atoms with Gasteiger partial charge in [-0.3, -0.25) is 9.59 Å². The van der Waals surface area contributed by atoms with Gasteiger partial charge in [-0.1, -0.05) is 66.2 Å². The van der Waals surface area contributed by atoms with Crippen LogP contribution in [0, 0.1) is 6.92 Å². The van der Waals surface area contributed by atoms with E-state index in [-0.39, 0.29) is 11.8 Å². The molecule has 4 aromatic rings. The Morgan fingerprint density at radius 2 is 1.72 bits per heavy atom. The molecule has 0 aliphatic carbocycles. The van der Waals surface area contributed by atoms with E-state index in [9.17, 15) is 9.59 Å². The van der Waals surface area contributed by atoms with Crippen LogP contribution in [0.1, 0.15) is 33.1 Å². The highest BCUT2D eigenvalue weighted by Gasteiger charge is 2.23. The number of amides is 2. The maximum Gasteiger partial charge on any atom is 0.252 e. The summed E-state index contributed by atoms with van der Waals surface area (Å²) >= 11 is 0. The smallest absolute Gasteiger partial charge is 0.252 e. The molecule has 0 spiro atoms. The number of aromatic nitrogens is 1. The van der Waals surface area contributed by atoms with E-state index >= 15 is 0 Å². The highest BCUT2D eigenvalue weighted by atomic mass is 16.2. The number of nitrogen functional groups attached to an aromatic ring is 1. The molecule has 0 saturated carbocycles. The molecule has 3 aromatic carbocycles. The summed E-state index contributed by atoms with van der Waals surface area (Å²) in [5.74, 6) is -0.297. The molecule has 4 rings (SSSR count). The Hall–Kier alpha value is -4.19. The number of hydrogen-bond donors (Lipinski definition) is 3. The number of nitrogens with zero attached hydrogens (tertiary/aromatic N) is 1. The third-order valence-electron chi connectivity index (χ3n) is 5.32. The second-order valence-corrected chi connectivity index (χ2v) is 7.65. The number of nitrogens with one attached hydrogen (secondary N) is 2. The Morgan fingerprint density at radius 1 is 0.969 bits per heavy atom. The van der Waals surface area contributed by atoms with E-state index in [1.807, 2.05) is 73.7 Å². The van der Waals surface area contributed by atoms with Gasteiger partial charge in [0.15, 0.2) is 0 Å². The lowest BCUT2D eigenvalue weighted by Gasteiger charge is -2.19. The minimum Gasteiger partial charge on any atom is -0.383 e. The lowest BCUT2D eigenvalue weighted by Crippen LogP contribution is -2.40. The van der Waals surface area contributed by atoms with E-state index in [4.69, 9.17) is 5.73 Å². The van der Waals surface area contributed by atoms with Crippen molar-refractivity contribution >= 4 is 28.4 Å². The van der Waals surface area contributed by atoms with E-state index in [2.05, 4.69) is 15.6 Å². The minimum absolute atomic E-state index is 0.285. The van der Waals surface area contributed by atoms with Crippen molar-refractivity contribution in [1.82, 2.24) is 15.6 Å². The fraction of sp³-hybridized carbons (Fsp3) is 0.115. The van der Waals surface area contributed by atoms with Gasteiger partial charge < -0.3 is 16.4 Å². The molecule has 4 N–H and O–H groups in total. The third kappa shape index (κ3) is 4.75. The van der Waals surface area contributed by atoms with Gasteiger partial charge in [0.2, 0.25) is 5.91 Å². The molecular weight excluding hydrogens is 400 g/mol. The molecule has 1 heterocycles. The van der Waals surface area contributed by atoms with Gasteiger partial charge >= 0.3 is 0 Å². The summed E-state index contributed by atoms with van der Waals surface area (Å²) in [5.41, 5.74) is 9.21. The number of carbonyl (C=O) groups is 2. The van der Waals surface area contributed by atoms with Gasteiger partial charge in [0.05, 0.1) is 0 Å². The van der Waals surface area contributed by atoms with Crippen LogP contribution in [0.25, 0.3) is 10.8 Å². The van der Waals surface area contributed by atoms with Gasteiger partial charge in [-0.2, -0.15) is 0 Å². The van der Waals surface area contributed by atoms with Gasteiger partial charge in [0.25, 0.3) is 5.91 Å². The second-order valence-electron chi connectivity index (χ2n) is 7.65. The minimum atomic E-state index is -0.837. The molecule has 6 heteroatoms. The van der Waals surface area contributed by atoms with Gasteiger partial charge in [-0.05, 0) is 41.6 Å². The van der Waals surface area contributed by atoms with E-state index in [0.717, 1.165) is 16.5 Å². The largest absolute Gasteiger partial charge is 0.383 e.